The number of nitrogens with two attached hydrogens (primary N) is 1. The number of rotatable bonds is 4. The molecule has 4 aliphatic carbocycles. The molecule has 4 fully saturated rings. The first-order valence-corrected chi connectivity index (χ1v) is 14.0. The van der Waals surface area contributed by atoms with E-state index < -0.39 is 30.7 Å². The van der Waals surface area contributed by atoms with Crippen molar-refractivity contribution in [3.05, 3.63) is 0 Å². The first-order valence-electron chi connectivity index (χ1n) is 13.3. The Morgan fingerprint density at radius 3 is 1.88 bits per heavy atom. The van der Waals surface area contributed by atoms with Crippen LogP contribution in [0.1, 0.15) is 84.0 Å². The van der Waals surface area contributed by atoms with Crippen molar-refractivity contribution in [1.29, 1.82) is 0 Å². The van der Waals surface area contributed by atoms with Gasteiger partial charge < -0.3 is 5.73 Å². The van der Waals surface area contributed by atoms with Gasteiger partial charge in [-0.25, -0.2) is 17.6 Å². The monoisotopic (exact) mass is 477 g/mol. The van der Waals surface area contributed by atoms with Crippen LogP contribution in [0.4, 0.5) is 17.6 Å². The van der Waals surface area contributed by atoms with Gasteiger partial charge in [0.1, 0.15) is 24.7 Å². The summed E-state index contributed by atoms with van der Waals surface area (Å²) in [5, 5.41) is 0. The predicted octanol–water partition coefficient (Wildman–Crippen LogP) is 6.98. The van der Waals surface area contributed by atoms with Crippen LogP contribution in [-0.4, -0.2) is 36.4 Å². The minimum Gasteiger partial charge on any atom is -0.323 e. The van der Waals surface area contributed by atoms with E-state index >= 15 is 8.78 Å². The quantitative estimate of drug-likeness (QED) is 0.343. The van der Waals surface area contributed by atoms with Crippen LogP contribution in [0, 0.1) is 41.4 Å². The minimum atomic E-state index is -1.34. The van der Waals surface area contributed by atoms with Gasteiger partial charge in [0, 0.05) is 0 Å². The van der Waals surface area contributed by atoms with Crippen molar-refractivity contribution in [2.45, 2.75) is 120 Å². The Labute approximate surface area is 194 Å². The van der Waals surface area contributed by atoms with Crippen molar-refractivity contribution in [2.75, 3.05) is 0 Å². The van der Waals surface area contributed by atoms with Crippen molar-refractivity contribution in [2.24, 2.45) is 47.2 Å². The molecule has 0 aromatic carbocycles. The largest absolute Gasteiger partial charge is 0.323 e. The second kappa shape index (κ2) is 10.8. The van der Waals surface area contributed by atoms with E-state index in [0.29, 0.717) is 31.1 Å². The van der Waals surface area contributed by atoms with E-state index in [0.717, 1.165) is 25.2 Å². The van der Waals surface area contributed by atoms with E-state index in [2.05, 4.69) is 16.2 Å². The summed E-state index contributed by atoms with van der Waals surface area (Å²) in [5.74, 6) is 1.74. The zero-order chi connectivity index (χ0) is 23.0. The zero-order valence-corrected chi connectivity index (χ0v) is 20.8. The zero-order valence-electron chi connectivity index (χ0n) is 19.7. The third-order valence-electron chi connectivity index (χ3n) is 9.87. The van der Waals surface area contributed by atoms with Gasteiger partial charge in [-0.15, -0.1) is 9.24 Å². The van der Waals surface area contributed by atoms with Gasteiger partial charge in [-0.2, -0.15) is 0 Å². The molecule has 10 unspecified atom stereocenters. The van der Waals surface area contributed by atoms with Crippen LogP contribution >= 0.6 is 9.24 Å². The lowest BCUT2D eigenvalue weighted by Crippen LogP contribution is -2.48. The fourth-order valence-electron chi connectivity index (χ4n) is 7.76. The molecule has 10 atom stereocenters. The van der Waals surface area contributed by atoms with Gasteiger partial charge in [0.2, 0.25) is 0 Å². The molecule has 0 heterocycles. The summed E-state index contributed by atoms with van der Waals surface area (Å²) in [7, 11) is 2.79. The smallest absolute Gasteiger partial charge is 0.118 e. The Kier molecular flexibility index (Phi) is 8.51. The minimum absolute atomic E-state index is 0.0193. The normalized spacial score (nSPS) is 53.2. The molecule has 6 heteroatoms. The summed E-state index contributed by atoms with van der Waals surface area (Å²) in [6.07, 6.45) is 5.45. The van der Waals surface area contributed by atoms with Crippen molar-refractivity contribution in [1.82, 2.24) is 0 Å². The maximum absolute atomic E-state index is 15.3. The molecule has 4 saturated carbocycles. The molecule has 186 valence electrons. The maximum Gasteiger partial charge on any atom is 0.118 e. The Bertz CT molecular complexity index is 576. The standard InChI is InChI=1S/C26H44F4NP/c1-14-2-4-16(5-3-14)17-6-7-19(21(27)11-17)18-12-22(28)20(25(32)13-18)8-15-9-23(29)26(31)24(30)10-15/h14-26H,2-13,31-32H2,1H3. The highest BCUT2D eigenvalue weighted by molar-refractivity contribution is 7.17. The molecule has 4 rings (SSSR count). The van der Waals surface area contributed by atoms with Crippen LogP contribution in [0.5, 0.6) is 0 Å². The second-order valence-corrected chi connectivity index (χ2v) is 12.9. The fraction of sp³-hybridized carbons (Fsp3) is 1.00. The highest BCUT2D eigenvalue weighted by Gasteiger charge is 2.46. The van der Waals surface area contributed by atoms with Crippen molar-refractivity contribution in [3.8, 4) is 0 Å². The molecule has 32 heavy (non-hydrogen) atoms. The van der Waals surface area contributed by atoms with Crippen LogP contribution in [0.15, 0.2) is 0 Å². The number of hydrogen-bond acceptors (Lipinski definition) is 1. The molecule has 2 N–H and O–H groups in total. The van der Waals surface area contributed by atoms with Crippen molar-refractivity contribution < 1.29 is 17.6 Å². The van der Waals surface area contributed by atoms with Crippen LogP contribution in [0.3, 0.4) is 0 Å². The van der Waals surface area contributed by atoms with E-state index in [-0.39, 0.29) is 42.2 Å². The van der Waals surface area contributed by atoms with Crippen molar-refractivity contribution in [3.63, 3.8) is 0 Å². The molecule has 0 saturated heterocycles. The lowest BCUT2D eigenvalue weighted by molar-refractivity contribution is 0.00674. The van der Waals surface area contributed by atoms with E-state index in [9.17, 15) is 8.78 Å². The summed E-state index contributed by atoms with van der Waals surface area (Å²) in [4.78, 5) is 0. The molecule has 1 nitrogen and oxygen atoms in total. The molecule has 0 bridgehead atoms. The molecule has 0 aromatic heterocycles. The molecule has 0 aromatic rings. The molecular formula is C26H44F4NP. The maximum atomic E-state index is 15.3. The molecular weight excluding hydrogens is 433 g/mol. The van der Waals surface area contributed by atoms with E-state index in [1.165, 1.54) is 25.7 Å². The van der Waals surface area contributed by atoms with Gasteiger partial charge in [-0.3, -0.25) is 0 Å². The van der Waals surface area contributed by atoms with Crippen LogP contribution < -0.4 is 5.73 Å². The molecule has 0 aliphatic heterocycles. The molecule has 0 spiro atoms. The van der Waals surface area contributed by atoms with E-state index in [1.807, 2.05) is 0 Å². The number of hydrogen-bond donors (Lipinski definition) is 1. The van der Waals surface area contributed by atoms with Gasteiger partial charge in [0.05, 0.1) is 6.04 Å². The van der Waals surface area contributed by atoms with Crippen LogP contribution in [0.25, 0.3) is 0 Å². The molecule has 4 aliphatic rings. The lowest BCUT2D eigenvalue weighted by atomic mass is 9.63. The highest BCUT2D eigenvalue weighted by Crippen LogP contribution is 2.50. The SMILES string of the molecule is CC1CCC(C2CCC(C3CC(F)C(CC4CC(F)C(N)C(F)C4)C(P)C3)C(F)C2)CC1. The fourth-order valence-corrected chi connectivity index (χ4v) is 8.51. The summed E-state index contributed by atoms with van der Waals surface area (Å²) >= 11 is 0. The Morgan fingerprint density at radius 2 is 1.28 bits per heavy atom. The van der Waals surface area contributed by atoms with Gasteiger partial charge >= 0.3 is 0 Å². The summed E-state index contributed by atoms with van der Waals surface area (Å²) < 4.78 is 58.8. The first-order chi connectivity index (χ1) is 15.2. The Morgan fingerprint density at radius 1 is 0.688 bits per heavy atom. The van der Waals surface area contributed by atoms with Gasteiger partial charge in [-0.05, 0) is 111 Å². The highest BCUT2D eigenvalue weighted by atomic mass is 31.0. The first kappa shape index (κ1) is 25.2. The summed E-state index contributed by atoms with van der Waals surface area (Å²) in [6, 6.07) is -1.04. The third kappa shape index (κ3) is 5.67. The van der Waals surface area contributed by atoms with Crippen LogP contribution in [-0.2, 0) is 0 Å². The Balaban J connectivity index is 1.29. The number of alkyl halides is 4. The Hall–Kier alpha value is 0.110. The second-order valence-electron chi connectivity index (χ2n) is 12.0. The van der Waals surface area contributed by atoms with E-state index in [1.54, 1.807) is 0 Å². The molecule has 0 radical (unpaired) electrons. The summed E-state index contributed by atoms with van der Waals surface area (Å²) in [6.45, 7) is 2.32. The van der Waals surface area contributed by atoms with Gasteiger partial charge in [-0.1, -0.05) is 19.8 Å². The average Bonchev–Trinajstić information content (AvgIpc) is 2.75. The summed E-state index contributed by atoms with van der Waals surface area (Å²) in [5.41, 5.74) is 5.64. The number of halogens is 4. The van der Waals surface area contributed by atoms with Crippen LogP contribution in [0.2, 0.25) is 0 Å². The lowest BCUT2D eigenvalue weighted by Gasteiger charge is -2.46. The van der Waals surface area contributed by atoms with Gasteiger partial charge in [0.25, 0.3) is 0 Å². The molecule has 0 amide bonds. The van der Waals surface area contributed by atoms with Crippen molar-refractivity contribution >= 4 is 9.24 Å². The van der Waals surface area contributed by atoms with Gasteiger partial charge in [0.15, 0.2) is 0 Å². The average molecular weight is 478 g/mol. The topological polar surface area (TPSA) is 26.0 Å². The van der Waals surface area contributed by atoms with E-state index in [4.69, 9.17) is 5.73 Å². The predicted molar refractivity (Wildman–Crippen MR) is 127 cm³/mol. The third-order valence-corrected chi connectivity index (χ3v) is 10.6.